The minimum atomic E-state index is -4.68. The number of aromatic nitrogens is 8. The second-order valence-corrected chi connectivity index (χ2v) is 10.2. The summed E-state index contributed by atoms with van der Waals surface area (Å²) in [6.45, 7) is 0.330. The van der Waals surface area contributed by atoms with Gasteiger partial charge in [-0.1, -0.05) is 24.3 Å². The van der Waals surface area contributed by atoms with E-state index in [2.05, 4.69) is 25.0 Å². The molecule has 0 aliphatic heterocycles. The van der Waals surface area contributed by atoms with Gasteiger partial charge in [-0.25, -0.2) is 34.0 Å². The van der Waals surface area contributed by atoms with Crippen LogP contribution in [0.2, 0.25) is 0 Å². The monoisotopic (exact) mass is 598 g/mol. The fraction of sp³-hybridized carbons (Fsp3) is 0.357. The number of aryl methyl sites for hydroxylation is 1. The van der Waals surface area contributed by atoms with Crippen LogP contribution >= 0.6 is 0 Å². The molecule has 15 heteroatoms. The maximum Gasteiger partial charge on any atom is 0.434 e. The van der Waals surface area contributed by atoms with Gasteiger partial charge in [0.1, 0.15) is 29.8 Å². The second-order valence-electron chi connectivity index (χ2n) is 10.2. The largest absolute Gasteiger partial charge is 0.480 e. The number of imidazole rings is 1. The first-order valence-corrected chi connectivity index (χ1v) is 13.3. The predicted molar refractivity (Wildman–Crippen MR) is 145 cm³/mol. The minimum Gasteiger partial charge on any atom is -0.480 e. The second kappa shape index (κ2) is 10.6. The molecule has 11 nitrogen and oxygen atoms in total. The van der Waals surface area contributed by atoms with E-state index in [0.29, 0.717) is 28.0 Å². The van der Waals surface area contributed by atoms with Gasteiger partial charge in [0.15, 0.2) is 22.9 Å². The maximum atomic E-state index is 13.3. The summed E-state index contributed by atoms with van der Waals surface area (Å²) in [5.41, 5.74) is -0.721. The van der Waals surface area contributed by atoms with Gasteiger partial charge in [-0.2, -0.15) is 13.2 Å². The van der Waals surface area contributed by atoms with E-state index in [1.165, 1.54) is 62.6 Å². The molecule has 0 saturated heterocycles. The molecule has 0 bridgehead atoms. The lowest BCUT2D eigenvalue weighted by molar-refractivity contribution is -0.140. The Morgan fingerprint density at radius 1 is 1.00 bits per heavy atom. The number of benzene rings is 1. The molecule has 5 aromatic rings. The number of rotatable bonds is 9. The maximum absolute atomic E-state index is 13.3. The zero-order valence-electron chi connectivity index (χ0n) is 23.3. The van der Waals surface area contributed by atoms with Gasteiger partial charge < -0.3 is 19.1 Å². The molecule has 0 spiro atoms. The number of hydrogen-bond donors (Lipinski definition) is 1. The van der Waals surface area contributed by atoms with Crippen LogP contribution in [0.3, 0.4) is 0 Å². The van der Waals surface area contributed by atoms with Gasteiger partial charge in [-0.15, -0.1) is 5.10 Å². The van der Waals surface area contributed by atoms with Crippen molar-refractivity contribution < 1.29 is 32.1 Å². The summed E-state index contributed by atoms with van der Waals surface area (Å²) in [6.07, 6.45) is 1.00. The van der Waals surface area contributed by atoms with Crippen LogP contribution in [0.25, 0.3) is 33.8 Å². The number of nitrogens with zero attached hydrogens (tertiary/aromatic N) is 8. The van der Waals surface area contributed by atoms with Crippen LogP contribution < -0.4 is 9.47 Å². The van der Waals surface area contributed by atoms with Crippen molar-refractivity contribution in [1.82, 2.24) is 39.3 Å². The summed E-state index contributed by atoms with van der Waals surface area (Å²) in [5, 5.41) is 16.7. The molecule has 1 atom stereocenters. The average molecular weight is 599 g/mol. The highest BCUT2D eigenvalue weighted by Crippen LogP contribution is 2.45. The number of fused-ring (bicyclic) bond motifs is 1. The lowest BCUT2D eigenvalue weighted by Gasteiger charge is -2.25. The third kappa shape index (κ3) is 5.02. The van der Waals surface area contributed by atoms with Crippen molar-refractivity contribution in [2.75, 3.05) is 20.9 Å². The third-order valence-electron chi connectivity index (χ3n) is 7.30. The standard InChI is InChI=1S/C28H26F4N8O3/c1-27(41,17-8-6-16(7-9-17)23-36-19(28(30,31)32)13-39(23)11-10-29)40-24-18(25(38-40)42-2)12-33-22(37-24)20-21(15-4-5-15)34-14-35-26(20)43-3/h6-9,12-15,41H,4-5,10-11H2,1-3H3. The van der Waals surface area contributed by atoms with Crippen LogP contribution in [0, 0.1) is 0 Å². The third-order valence-corrected chi connectivity index (χ3v) is 7.30. The van der Waals surface area contributed by atoms with E-state index in [1.807, 2.05) is 0 Å². The van der Waals surface area contributed by atoms with Crippen LogP contribution in [0.4, 0.5) is 17.6 Å². The molecular weight excluding hydrogens is 572 g/mol. The fourth-order valence-corrected chi connectivity index (χ4v) is 4.97. The Balaban J connectivity index is 1.43. The molecule has 1 aliphatic rings. The molecule has 1 saturated carbocycles. The van der Waals surface area contributed by atoms with Crippen molar-refractivity contribution >= 4 is 11.0 Å². The summed E-state index contributed by atoms with van der Waals surface area (Å²) in [4.78, 5) is 21.6. The molecule has 0 amide bonds. The first-order chi connectivity index (χ1) is 20.6. The van der Waals surface area contributed by atoms with Crippen molar-refractivity contribution in [2.45, 2.75) is 44.1 Å². The first kappa shape index (κ1) is 28.5. The molecule has 6 rings (SSSR count). The van der Waals surface area contributed by atoms with E-state index in [4.69, 9.17) is 14.5 Å². The minimum absolute atomic E-state index is 0.0507. The lowest BCUT2D eigenvalue weighted by Crippen LogP contribution is -2.32. The number of alkyl halides is 4. The molecule has 4 heterocycles. The molecule has 1 unspecified atom stereocenters. The Kier molecular flexibility index (Phi) is 6.99. The zero-order chi connectivity index (χ0) is 30.5. The van der Waals surface area contributed by atoms with Crippen molar-refractivity contribution in [2.24, 2.45) is 0 Å². The normalized spacial score (nSPS) is 15.1. The highest BCUT2D eigenvalue weighted by Gasteiger charge is 2.36. The van der Waals surface area contributed by atoms with Gasteiger partial charge >= 0.3 is 6.18 Å². The topological polar surface area (TPSA) is 126 Å². The number of aliphatic hydroxyl groups is 1. The van der Waals surface area contributed by atoms with Crippen LogP contribution in [0.1, 0.15) is 42.6 Å². The van der Waals surface area contributed by atoms with Gasteiger partial charge in [-0.05, 0) is 19.8 Å². The number of ether oxygens (including phenoxy) is 2. The van der Waals surface area contributed by atoms with Crippen LogP contribution in [0.15, 0.2) is 43.0 Å². The van der Waals surface area contributed by atoms with Crippen LogP contribution in [0.5, 0.6) is 11.8 Å². The SMILES string of the molecule is COc1ncnc(C2CC2)c1-c1ncc2c(OC)nn(C(C)(O)c3ccc(-c4nc(C(F)(F)F)cn4CCF)cc3)c2n1. The zero-order valence-corrected chi connectivity index (χ0v) is 23.3. The summed E-state index contributed by atoms with van der Waals surface area (Å²) >= 11 is 0. The Hall–Kier alpha value is -4.66. The molecule has 0 radical (unpaired) electrons. The highest BCUT2D eigenvalue weighted by atomic mass is 19.4. The van der Waals surface area contributed by atoms with E-state index >= 15 is 0 Å². The Morgan fingerprint density at radius 2 is 1.72 bits per heavy atom. The van der Waals surface area contributed by atoms with E-state index in [0.717, 1.165) is 29.3 Å². The Morgan fingerprint density at radius 3 is 2.35 bits per heavy atom. The molecule has 224 valence electrons. The molecule has 4 aromatic heterocycles. The Labute approximate surface area is 242 Å². The predicted octanol–water partition coefficient (Wildman–Crippen LogP) is 4.74. The Bertz CT molecular complexity index is 1800. The summed E-state index contributed by atoms with van der Waals surface area (Å²) < 4.78 is 66.3. The quantitative estimate of drug-likeness (QED) is 0.240. The highest BCUT2D eigenvalue weighted by molar-refractivity contribution is 5.83. The van der Waals surface area contributed by atoms with E-state index in [1.54, 1.807) is 0 Å². The van der Waals surface area contributed by atoms with Gasteiger partial charge in [0.2, 0.25) is 11.8 Å². The summed E-state index contributed by atoms with van der Waals surface area (Å²) in [7, 11) is 2.92. The van der Waals surface area contributed by atoms with Gasteiger partial charge in [0.25, 0.3) is 0 Å². The number of methoxy groups -OCH3 is 2. The van der Waals surface area contributed by atoms with E-state index in [9.17, 15) is 22.7 Å². The first-order valence-electron chi connectivity index (χ1n) is 13.3. The van der Waals surface area contributed by atoms with Crippen molar-refractivity contribution in [1.29, 1.82) is 0 Å². The lowest BCUT2D eigenvalue weighted by atomic mass is 10.0. The number of halogens is 4. The van der Waals surface area contributed by atoms with Crippen LogP contribution in [-0.4, -0.2) is 65.3 Å². The van der Waals surface area contributed by atoms with Gasteiger partial charge in [-0.3, -0.25) is 0 Å². The van der Waals surface area contributed by atoms with Crippen molar-refractivity contribution in [3.05, 3.63) is 59.9 Å². The van der Waals surface area contributed by atoms with Gasteiger partial charge in [0, 0.05) is 29.4 Å². The van der Waals surface area contributed by atoms with Crippen molar-refractivity contribution in [3.8, 4) is 34.5 Å². The molecule has 43 heavy (non-hydrogen) atoms. The molecular formula is C28H26F4N8O3. The average Bonchev–Trinajstić information content (AvgIpc) is 3.64. The molecule has 1 aromatic carbocycles. The molecule has 1 fully saturated rings. The van der Waals surface area contributed by atoms with Crippen molar-refractivity contribution in [3.63, 3.8) is 0 Å². The summed E-state index contributed by atoms with van der Waals surface area (Å²) in [5.74, 6) is 0.952. The molecule has 1 aliphatic carbocycles. The fourth-order valence-electron chi connectivity index (χ4n) is 4.97. The van der Waals surface area contributed by atoms with E-state index < -0.39 is 24.3 Å². The van der Waals surface area contributed by atoms with Gasteiger partial charge in [0.05, 0.1) is 26.5 Å². The summed E-state index contributed by atoms with van der Waals surface area (Å²) in [6, 6.07) is 6.05. The van der Waals surface area contributed by atoms with E-state index in [-0.39, 0.29) is 35.6 Å². The molecule has 1 N–H and O–H groups in total. The number of hydrogen-bond acceptors (Lipinski definition) is 9. The van der Waals surface area contributed by atoms with Crippen LogP contribution in [-0.2, 0) is 18.4 Å². The smallest absolute Gasteiger partial charge is 0.434 e.